The van der Waals surface area contributed by atoms with Gasteiger partial charge in [0.15, 0.2) is 0 Å². The van der Waals surface area contributed by atoms with Crippen LogP contribution in [-0.2, 0) is 16.1 Å². The summed E-state index contributed by atoms with van der Waals surface area (Å²) in [6.07, 6.45) is 0. The zero-order chi connectivity index (χ0) is 20.7. The lowest BCUT2D eigenvalue weighted by Crippen LogP contribution is -2.45. The number of hydrogen-bond acceptors (Lipinski definition) is 3. The zero-order valence-electron chi connectivity index (χ0n) is 15.9. The van der Waals surface area contributed by atoms with Gasteiger partial charge in [-0.15, -0.1) is 11.8 Å². The van der Waals surface area contributed by atoms with Gasteiger partial charge in [0.25, 0.3) is 11.8 Å². The lowest BCUT2D eigenvalue weighted by atomic mass is 10.2. The van der Waals surface area contributed by atoms with Gasteiger partial charge in [0, 0.05) is 26.8 Å². The number of para-hydroxylation sites is 2. The number of carbonyl (C=O) groups excluding carboxylic acids is 2. The maximum atomic E-state index is 13.0. The first-order chi connectivity index (χ1) is 14.6. The number of thioether (sulfide) groups is 1. The molecule has 1 fully saturated rings. The molecule has 0 spiro atoms. The van der Waals surface area contributed by atoms with E-state index in [4.69, 9.17) is 11.6 Å². The number of amides is 2. The standard InChI is InChI=1S/C23H18ClN3O2S/c24-16-7-5-6-15(12-16)23-27(22(29)14-30-23)25-21(28)13-26-19-10-3-1-8-17(19)18-9-2-4-11-20(18)26/h1-12,23H,13-14H2,(H,25,28). The number of hydrazine groups is 1. The van der Waals surface area contributed by atoms with Crippen LogP contribution in [-0.4, -0.2) is 27.1 Å². The second-order valence-corrected chi connectivity index (χ2v) is 8.64. The summed E-state index contributed by atoms with van der Waals surface area (Å²) in [5.41, 5.74) is 5.69. The number of carbonyl (C=O) groups is 2. The van der Waals surface area contributed by atoms with E-state index in [1.165, 1.54) is 16.8 Å². The third-order valence-electron chi connectivity index (χ3n) is 5.23. The molecule has 1 aliphatic heterocycles. The van der Waals surface area contributed by atoms with Crippen LogP contribution in [0, 0.1) is 0 Å². The Hall–Kier alpha value is -2.96. The molecular formula is C23H18ClN3O2S. The van der Waals surface area contributed by atoms with Crippen molar-refractivity contribution in [2.24, 2.45) is 0 Å². The molecule has 1 saturated heterocycles. The van der Waals surface area contributed by atoms with Gasteiger partial charge in [-0.3, -0.25) is 15.0 Å². The van der Waals surface area contributed by atoms with Gasteiger partial charge < -0.3 is 4.57 Å². The monoisotopic (exact) mass is 435 g/mol. The molecule has 7 heteroatoms. The highest BCUT2D eigenvalue weighted by Gasteiger charge is 2.34. The number of hydrogen-bond donors (Lipinski definition) is 1. The molecule has 1 atom stereocenters. The molecule has 2 heterocycles. The van der Waals surface area contributed by atoms with Crippen molar-refractivity contribution in [3.05, 3.63) is 83.4 Å². The number of aromatic nitrogens is 1. The van der Waals surface area contributed by atoms with Crippen LogP contribution in [0.2, 0.25) is 5.02 Å². The SMILES string of the molecule is O=C(Cn1c2ccccc2c2ccccc21)NN1C(=O)CSC1c1cccc(Cl)c1. The molecule has 1 N–H and O–H groups in total. The molecule has 5 rings (SSSR count). The predicted octanol–water partition coefficient (Wildman–Crippen LogP) is 4.75. The number of halogens is 1. The Morgan fingerprint density at radius 3 is 2.33 bits per heavy atom. The molecule has 1 aromatic heterocycles. The Balaban J connectivity index is 1.44. The molecule has 0 saturated carbocycles. The first-order valence-electron chi connectivity index (χ1n) is 9.56. The summed E-state index contributed by atoms with van der Waals surface area (Å²) in [7, 11) is 0. The van der Waals surface area contributed by atoms with E-state index < -0.39 is 0 Å². The molecule has 2 amide bonds. The Labute approximate surface area is 182 Å². The highest BCUT2D eigenvalue weighted by molar-refractivity contribution is 8.00. The molecular weight excluding hydrogens is 418 g/mol. The molecule has 4 aromatic rings. The molecule has 1 unspecified atom stereocenters. The van der Waals surface area contributed by atoms with Gasteiger partial charge in [-0.25, -0.2) is 5.01 Å². The van der Waals surface area contributed by atoms with Crippen LogP contribution in [0.25, 0.3) is 21.8 Å². The van der Waals surface area contributed by atoms with E-state index >= 15 is 0 Å². The van der Waals surface area contributed by atoms with Crippen LogP contribution in [0.15, 0.2) is 72.8 Å². The Kier molecular flexibility index (Phi) is 4.89. The minimum absolute atomic E-state index is 0.116. The molecule has 0 aliphatic carbocycles. The number of rotatable bonds is 4. The molecule has 30 heavy (non-hydrogen) atoms. The Morgan fingerprint density at radius 2 is 1.67 bits per heavy atom. The van der Waals surface area contributed by atoms with Gasteiger partial charge in [-0.2, -0.15) is 0 Å². The average Bonchev–Trinajstić information content (AvgIpc) is 3.27. The molecule has 0 bridgehead atoms. The van der Waals surface area contributed by atoms with Crippen LogP contribution in [0.1, 0.15) is 10.9 Å². The summed E-state index contributed by atoms with van der Waals surface area (Å²) in [5.74, 6) is -0.0581. The fraction of sp³-hybridized carbons (Fsp3) is 0.130. The van der Waals surface area contributed by atoms with Gasteiger partial charge in [-0.05, 0) is 29.8 Å². The van der Waals surface area contributed by atoms with Gasteiger partial charge >= 0.3 is 0 Å². The normalized spacial score (nSPS) is 16.5. The minimum atomic E-state index is -0.293. The van der Waals surface area contributed by atoms with E-state index in [2.05, 4.69) is 17.6 Å². The first kappa shape index (κ1) is 19.0. The van der Waals surface area contributed by atoms with E-state index in [9.17, 15) is 9.59 Å². The van der Waals surface area contributed by atoms with Crippen molar-refractivity contribution in [1.29, 1.82) is 0 Å². The fourth-order valence-corrected chi connectivity index (χ4v) is 5.24. The smallest absolute Gasteiger partial charge is 0.258 e. The third kappa shape index (κ3) is 3.32. The lowest BCUT2D eigenvalue weighted by molar-refractivity contribution is -0.139. The van der Waals surface area contributed by atoms with Crippen molar-refractivity contribution in [2.45, 2.75) is 11.9 Å². The van der Waals surface area contributed by atoms with Crippen molar-refractivity contribution in [3.8, 4) is 0 Å². The van der Waals surface area contributed by atoms with Gasteiger partial charge in [0.1, 0.15) is 11.9 Å². The van der Waals surface area contributed by atoms with Crippen molar-refractivity contribution in [2.75, 3.05) is 5.75 Å². The summed E-state index contributed by atoms with van der Waals surface area (Å²) in [5, 5.41) is 3.94. The van der Waals surface area contributed by atoms with Gasteiger partial charge in [-0.1, -0.05) is 60.1 Å². The minimum Gasteiger partial charge on any atom is -0.331 e. The first-order valence-corrected chi connectivity index (χ1v) is 11.0. The summed E-state index contributed by atoms with van der Waals surface area (Å²) in [4.78, 5) is 25.4. The molecule has 3 aromatic carbocycles. The van der Waals surface area contributed by atoms with Crippen LogP contribution in [0.3, 0.4) is 0 Å². The maximum absolute atomic E-state index is 13.0. The van der Waals surface area contributed by atoms with Crippen molar-refractivity contribution >= 4 is 57.0 Å². The Morgan fingerprint density at radius 1 is 1.00 bits per heavy atom. The number of benzene rings is 3. The maximum Gasteiger partial charge on any atom is 0.258 e. The van der Waals surface area contributed by atoms with Crippen molar-refractivity contribution < 1.29 is 9.59 Å². The van der Waals surface area contributed by atoms with Crippen molar-refractivity contribution in [1.82, 2.24) is 15.0 Å². The molecule has 1 aliphatic rings. The lowest BCUT2D eigenvalue weighted by Gasteiger charge is -2.25. The fourth-order valence-electron chi connectivity index (χ4n) is 3.94. The predicted molar refractivity (Wildman–Crippen MR) is 121 cm³/mol. The summed E-state index contributed by atoms with van der Waals surface area (Å²) >= 11 is 7.59. The van der Waals surface area contributed by atoms with E-state index in [0.29, 0.717) is 10.8 Å². The summed E-state index contributed by atoms with van der Waals surface area (Å²) < 4.78 is 1.99. The van der Waals surface area contributed by atoms with Gasteiger partial charge in [0.05, 0.1) is 5.75 Å². The van der Waals surface area contributed by atoms with Crippen LogP contribution < -0.4 is 5.43 Å². The van der Waals surface area contributed by atoms with E-state index in [1.54, 1.807) is 6.07 Å². The number of nitrogens with one attached hydrogen (secondary N) is 1. The largest absolute Gasteiger partial charge is 0.331 e. The topological polar surface area (TPSA) is 54.3 Å². The molecule has 150 valence electrons. The van der Waals surface area contributed by atoms with E-state index in [-0.39, 0.29) is 23.7 Å². The van der Waals surface area contributed by atoms with E-state index in [1.807, 2.05) is 59.2 Å². The van der Waals surface area contributed by atoms with Crippen LogP contribution >= 0.6 is 23.4 Å². The quantitative estimate of drug-likeness (QED) is 0.503. The highest BCUT2D eigenvalue weighted by Crippen LogP contribution is 2.38. The Bertz CT molecular complexity index is 1230. The van der Waals surface area contributed by atoms with Crippen LogP contribution in [0.4, 0.5) is 0 Å². The second-order valence-electron chi connectivity index (χ2n) is 7.14. The summed E-state index contributed by atoms with van der Waals surface area (Å²) in [6, 6.07) is 23.4. The molecule has 0 radical (unpaired) electrons. The molecule has 5 nitrogen and oxygen atoms in total. The average molecular weight is 436 g/mol. The highest BCUT2D eigenvalue weighted by atomic mass is 35.5. The van der Waals surface area contributed by atoms with Crippen LogP contribution in [0.5, 0.6) is 0 Å². The van der Waals surface area contributed by atoms with Crippen molar-refractivity contribution in [3.63, 3.8) is 0 Å². The number of nitrogens with zero attached hydrogens (tertiary/aromatic N) is 2. The summed E-state index contributed by atoms with van der Waals surface area (Å²) in [6.45, 7) is 0.116. The second kappa shape index (κ2) is 7.70. The zero-order valence-corrected chi connectivity index (χ0v) is 17.5. The number of fused-ring (bicyclic) bond motifs is 3. The third-order valence-corrected chi connectivity index (χ3v) is 6.68. The van der Waals surface area contributed by atoms with Gasteiger partial charge in [0.2, 0.25) is 0 Å². The van der Waals surface area contributed by atoms with E-state index in [0.717, 1.165) is 27.4 Å².